The molecule has 25 heavy (non-hydrogen) atoms. The van der Waals surface area contributed by atoms with Crippen molar-refractivity contribution >= 4 is 0 Å². The van der Waals surface area contributed by atoms with Crippen LogP contribution in [-0.4, -0.2) is 42.9 Å². The Morgan fingerprint density at radius 3 is 1.40 bits per heavy atom. The van der Waals surface area contributed by atoms with E-state index in [1.54, 1.807) is 0 Å². The van der Waals surface area contributed by atoms with E-state index in [0.717, 1.165) is 23.5 Å². The molecular formula is C23H50NO+. The van der Waals surface area contributed by atoms with Crippen molar-refractivity contribution in [2.75, 3.05) is 33.3 Å². The van der Waals surface area contributed by atoms with E-state index < -0.39 is 0 Å². The fourth-order valence-corrected chi connectivity index (χ4v) is 3.66. The Bertz CT molecular complexity index is 267. The number of rotatable bonds is 19. The average molecular weight is 357 g/mol. The first-order chi connectivity index (χ1) is 12.0. The van der Waals surface area contributed by atoms with Gasteiger partial charge in [0.2, 0.25) is 0 Å². The van der Waals surface area contributed by atoms with Gasteiger partial charge in [-0.3, -0.25) is 0 Å². The highest BCUT2D eigenvalue weighted by Crippen LogP contribution is 2.14. The number of aliphatic hydroxyl groups is 1. The highest BCUT2D eigenvalue weighted by molar-refractivity contribution is 4.51. The second-order valence-electron chi connectivity index (χ2n) is 8.89. The van der Waals surface area contributed by atoms with E-state index in [9.17, 15) is 0 Å². The van der Waals surface area contributed by atoms with Gasteiger partial charge in [0.1, 0.15) is 6.54 Å². The Morgan fingerprint density at radius 2 is 1.04 bits per heavy atom. The minimum absolute atomic E-state index is 0.322. The highest BCUT2D eigenvalue weighted by atomic mass is 16.3. The number of hydrogen-bond acceptors (Lipinski definition) is 1. The van der Waals surface area contributed by atoms with Gasteiger partial charge < -0.3 is 9.59 Å². The first kappa shape index (κ1) is 24.9. The average Bonchev–Trinajstić information content (AvgIpc) is 2.58. The van der Waals surface area contributed by atoms with Crippen LogP contribution in [0.1, 0.15) is 111 Å². The van der Waals surface area contributed by atoms with Crippen LogP contribution < -0.4 is 0 Å². The predicted octanol–water partition coefficient (Wildman–Crippen LogP) is 6.56. The van der Waals surface area contributed by atoms with Gasteiger partial charge in [0.05, 0.1) is 26.7 Å². The van der Waals surface area contributed by atoms with Crippen LogP contribution >= 0.6 is 0 Å². The molecule has 0 spiro atoms. The molecule has 152 valence electrons. The summed E-state index contributed by atoms with van der Waals surface area (Å²) in [6, 6.07) is 0. The molecule has 0 aliphatic heterocycles. The minimum atomic E-state index is 0.322. The molecule has 0 fully saturated rings. The van der Waals surface area contributed by atoms with Crippen LogP contribution in [0.3, 0.4) is 0 Å². The third-order valence-electron chi connectivity index (χ3n) is 5.88. The van der Waals surface area contributed by atoms with E-state index in [0.29, 0.717) is 6.61 Å². The topological polar surface area (TPSA) is 20.2 Å². The maximum absolute atomic E-state index is 9.15. The summed E-state index contributed by atoms with van der Waals surface area (Å²) in [6.07, 6.45) is 20.0. The van der Waals surface area contributed by atoms with Crippen molar-refractivity contribution < 1.29 is 9.59 Å². The van der Waals surface area contributed by atoms with Gasteiger partial charge in [-0.2, -0.15) is 0 Å². The molecule has 1 atom stereocenters. The van der Waals surface area contributed by atoms with E-state index in [1.807, 2.05) is 0 Å². The largest absolute Gasteiger partial charge is 0.391 e. The van der Waals surface area contributed by atoms with Gasteiger partial charge in [-0.1, -0.05) is 90.9 Å². The summed E-state index contributed by atoms with van der Waals surface area (Å²) in [7, 11) is 2.28. The van der Waals surface area contributed by atoms with Crippen molar-refractivity contribution in [1.29, 1.82) is 0 Å². The van der Waals surface area contributed by atoms with Crippen LogP contribution in [0.5, 0.6) is 0 Å². The third kappa shape index (κ3) is 17.1. The molecule has 1 unspecified atom stereocenters. The summed E-state index contributed by atoms with van der Waals surface area (Å²) in [5, 5.41) is 9.15. The number of likely N-dealkylation sites (N-methyl/N-ethyl adjacent to an activating group) is 1. The Labute approximate surface area is 160 Å². The molecule has 0 aromatic heterocycles. The molecule has 0 rings (SSSR count). The van der Waals surface area contributed by atoms with Gasteiger partial charge in [0, 0.05) is 0 Å². The van der Waals surface area contributed by atoms with Gasteiger partial charge in [0.15, 0.2) is 0 Å². The predicted molar refractivity (Wildman–Crippen MR) is 113 cm³/mol. The van der Waals surface area contributed by atoms with E-state index in [4.69, 9.17) is 5.11 Å². The monoisotopic (exact) mass is 356 g/mol. The van der Waals surface area contributed by atoms with Gasteiger partial charge in [-0.05, 0) is 25.7 Å². The summed E-state index contributed by atoms with van der Waals surface area (Å²) in [5.74, 6) is 0.885. The highest BCUT2D eigenvalue weighted by Gasteiger charge is 2.17. The normalized spacial score (nSPS) is 14.2. The zero-order valence-electron chi connectivity index (χ0n) is 18.2. The molecule has 0 heterocycles. The summed E-state index contributed by atoms with van der Waals surface area (Å²) >= 11 is 0. The van der Waals surface area contributed by atoms with Crippen LogP contribution in [-0.2, 0) is 0 Å². The van der Waals surface area contributed by atoms with Gasteiger partial charge in [-0.15, -0.1) is 0 Å². The van der Waals surface area contributed by atoms with Crippen LogP contribution in [0.25, 0.3) is 0 Å². The Balaban J connectivity index is 3.21. The fraction of sp³-hybridized carbons (Fsp3) is 1.00. The SMILES string of the molecule is CC[N+](C)(CCO)CCCCCCCCCCCCCCCC(C)C. The Morgan fingerprint density at radius 1 is 0.640 bits per heavy atom. The number of hydrogen-bond donors (Lipinski definition) is 1. The van der Waals surface area contributed by atoms with Crippen LogP contribution in [0, 0.1) is 5.92 Å². The molecule has 0 amide bonds. The maximum atomic E-state index is 9.15. The van der Waals surface area contributed by atoms with Crippen LogP contribution in [0.4, 0.5) is 0 Å². The van der Waals surface area contributed by atoms with Crippen molar-refractivity contribution in [3.05, 3.63) is 0 Å². The molecule has 0 saturated heterocycles. The lowest BCUT2D eigenvalue weighted by molar-refractivity contribution is -0.908. The Hall–Kier alpha value is -0.0800. The van der Waals surface area contributed by atoms with E-state index in [1.165, 1.54) is 96.4 Å². The summed E-state index contributed by atoms with van der Waals surface area (Å²) in [4.78, 5) is 0. The first-order valence-electron chi connectivity index (χ1n) is 11.5. The van der Waals surface area contributed by atoms with Gasteiger partial charge in [-0.25, -0.2) is 0 Å². The molecule has 0 radical (unpaired) electrons. The van der Waals surface area contributed by atoms with Crippen molar-refractivity contribution in [2.24, 2.45) is 5.92 Å². The minimum Gasteiger partial charge on any atom is -0.391 e. The summed E-state index contributed by atoms with van der Waals surface area (Å²) in [6.45, 7) is 10.5. The number of unbranched alkanes of at least 4 members (excludes halogenated alkanes) is 12. The standard InChI is InChI=1S/C23H50NO/c1-5-24(4,21-22-25)20-18-16-14-12-10-8-6-7-9-11-13-15-17-19-23(2)3/h23,25H,5-22H2,1-4H3/q+1. The number of quaternary nitrogens is 1. The molecule has 0 aliphatic rings. The van der Waals surface area contributed by atoms with Gasteiger partial charge in [0.25, 0.3) is 0 Å². The van der Waals surface area contributed by atoms with Crippen LogP contribution in [0.15, 0.2) is 0 Å². The van der Waals surface area contributed by atoms with Crippen LogP contribution in [0.2, 0.25) is 0 Å². The Kier molecular flexibility index (Phi) is 17.3. The molecule has 0 aliphatic carbocycles. The van der Waals surface area contributed by atoms with Crippen molar-refractivity contribution in [3.63, 3.8) is 0 Å². The second kappa shape index (κ2) is 17.3. The number of aliphatic hydroxyl groups excluding tert-OH is 1. The number of nitrogens with zero attached hydrogens (tertiary/aromatic N) is 1. The quantitative estimate of drug-likeness (QED) is 0.205. The lowest BCUT2D eigenvalue weighted by atomic mass is 10.0. The smallest absolute Gasteiger partial charge is 0.102 e. The summed E-state index contributed by atoms with van der Waals surface area (Å²) < 4.78 is 1.04. The molecule has 0 saturated carbocycles. The maximum Gasteiger partial charge on any atom is 0.102 e. The molecule has 2 heteroatoms. The van der Waals surface area contributed by atoms with Crippen molar-refractivity contribution in [3.8, 4) is 0 Å². The van der Waals surface area contributed by atoms with E-state index >= 15 is 0 Å². The lowest BCUT2D eigenvalue weighted by Gasteiger charge is -2.32. The molecule has 0 aromatic carbocycles. The zero-order valence-corrected chi connectivity index (χ0v) is 18.2. The molecule has 1 N–H and O–H groups in total. The van der Waals surface area contributed by atoms with Crippen molar-refractivity contribution in [1.82, 2.24) is 0 Å². The molecule has 0 aromatic rings. The molecular weight excluding hydrogens is 306 g/mol. The fourth-order valence-electron chi connectivity index (χ4n) is 3.66. The van der Waals surface area contributed by atoms with E-state index in [2.05, 4.69) is 27.8 Å². The lowest BCUT2D eigenvalue weighted by Crippen LogP contribution is -2.46. The summed E-state index contributed by atoms with van der Waals surface area (Å²) in [5.41, 5.74) is 0. The zero-order chi connectivity index (χ0) is 18.8. The molecule has 0 bridgehead atoms. The second-order valence-corrected chi connectivity index (χ2v) is 8.89. The molecule has 2 nitrogen and oxygen atoms in total. The third-order valence-corrected chi connectivity index (χ3v) is 5.88. The first-order valence-corrected chi connectivity index (χ1v) is 11.5. The van der Waals surface area contributed by atoms with E-state index in [-0.39, 0.29) is 0 Å². The van der Waals surface area contributed by atoms with Gasteiger partial charge >= 0.3 is 0 Å². The van der Waals surface area contributed by atoms with Crippen molar-refractivity contribution in [2.45, 2.75) is 111 Å².